The van der Waals surface area contributed by atoms with Crippen LogP contribution in [-0.4, -0.2) is 27.9 Å². The second-order valence-electron chi connectivity index (χ2n) is 5.79. The van der Waals surface area contributed by atoms with E-state index in [1.165, 1.54) is 16.7 Å². The van der Waals surface area contributed by atoms with E-state index in [4.69, 9.17) is 14.2 Å². The van der Waals surface area contributed by atoms with Gasteiger partial charge in [0, 0.05) is 12.1 Å². The van der Waals surface area contributed by atoms with E-state index in [9.17, 15) is 0 Å². The fourth-order valence-electron chi connectivity index (χ4n) is 3.22. The van der Waals surface area contributed by atoms with Crippen LogP contribution in [0.5, 0.6) is 17.2 Å². The molecule has 1 aliphatic heterocycles. The van der Waals surface area contributed by atoms with Gasteiger partial charge < -0.3 is 19.5 Å². The highest BCUT2D eigenvalue weighted by Crippen LogP contribution is 2.39. The molecule has 23 heavy (non-hydrogen) atoms. The molecular formula is C19H23NO3. The molecule has 122 valence electrons. The second kappa shape index (κ2) is 6.50. The Balaban J connectivity index is 2.11. The van der Waals surface area contributed by atoms with Crippen molar-refractivity contribution in [3.63, 3.8) is 0 Å². The fourth-order valence-corrected chi connectivity index (χ4v) is 3.22. The van der Waals surface area contributed by atoms with Gasteiger partial charge in [0.2, 0.25) is 0 Å². The SMILES string of the molecule is COc1cc2c(cc1OC)C(c1ccc(C)cc1OC)NCC2. The van der Waals surface area contributed by atoms with Crippen molar-refractivity contribution in [2.75, 3.05) is 27.9 Å². The molecule has 1 atom stereocenters. The van der Waals surface area contributed by atoms with Gasteiger partial charge in [-0.3, -0.25) is 0 Å². The molecule has 0 saturated heterocycles. The Kier molecular flexibility index (Phi) is 4.44. The monoisotopic (exact) mass is 313 g/mol. The van der Waals surface area contributed by atoms with Crippen LogP contribution >= 0.6 is 0 Å². The van der Waals surface area contributed by atoms with Gasteiger partial charge in [-0.05, 0) is 48.2 Å². The van der Waals surface area contributed by atoms with E-state index in [1.54, 1.807) is 21.3 Å². The van der Waals surface area contributed by atoms with Crippen molar-refractivity contribution in [2.24, 2.45) is 0 Å². The number of benzene rings is 2. The minimum atomic E-state index is 0.0918. The van der Waals surface area contributed by atoms with Crippen LogP contribution in [0.4, 0.5) is 0 Å². The summed E-state index contributed by atoms with van der Waals surface area (Å²) in [5.74, 6) is 2.44. The highest BCUT2D eigenvalue weighted by molar-refractivity contribution is 5.53. The van der Waals surface area contributed by atoms with Gasteiger partial charge in [0.05, 0.1) is 27.4 Å². The van der Waals surface area contributed by atoms with Gasteiger partial charge in [-0.2, -0.15) is 0 Å². The summed E-state index contributed by atoms with van der Waals surface area (Å²) in [6.45, 7) is 2.99. The Bertz CT molecular complexity index is 712. The topological polar surface area (TPSA) is 39.7 Å². The number of methoxy groups -OCH3 is 3. The number of fused-ring (bicyclic) bond motifs is 1. The van der Waals surface area contributed by atoms with Crippen LogP contribution in [-0.2, 0) is 6.42 Å². The maximum atomic E-state index is 5.60. The van der Waals surface area contributed by atoms with Gasteiger partial charge in [-0.1, -0.05) is 12.1 Å². The summed E-state index contributed by atoms with van der Waals surface area (Å²) in [5, 5.41) is 3.60. The van der Waals surface area contributed by atoms with Gasteiger partial charge in [0.1, 0.15) is 5.75 Å². The average molecular weight is 313 g/mol. The van der Waals surface area contributed by atoms with Crippen LogP contribution in [0.25, 0.3) is 0 Å². The molecule has 1 heterocycles. The number of ether oxygens (including phenoxy) is 3. The Labute approximate surface area is 137 Å². The highest BCUT2D eigenvalue weighted by atomic mass is 16.5. The summed E-state index contributed by atoms with van der Waals surface area (Å²) >= 11 is 0. The first kappa shape index (κ1) is 15.7. The Morgan fingerprint density at radius 2 is 1.57 bits per heavy atom. The molecule has 0 radical (unpaired) electrons. The lowest BCUT2D eigenvalue weighted by Gasteiger charge is -2.29. The average Bonchev–Trinajstić information content (AvgIpc) is 2.59. The van der Waals surface area contributed by atoms with Crippen molar-refractivity contribution in [2.45, 2.75) is 19.4 Å². The molecule has 3 rings (SSSR count). The van der Waals surface area contributed by atoms with Gasteiger partial charge in [-0.25, -0.2) is 0 Å². The Morgan fingerprint density at radius 3 is 2.26 bits per heavy atom. The number of nitrogens with one attached hydrogen (secondary N) is 1. The summed E-state index contributed by atoms with van der Waals surface area (Å²) in [5.41, 5.74) is 4.84. The summed E-state index contributed by atoms with van der Waals surface area (Å²) < 4.78 is 16.5. The first-order valence-electron chi connectivity index (χ1n) is 7.80. The molecule has 0 bridgehead atoms. The molecule has 1 N–H and O–H groups in total. The molecule has 0 amide bonds. The molecule has 0 spiro atoms. The predicted octanol–water partition coefficient (Wildman–Crippen LogP) is 3.26. The van der Waals surface area contributed by atoms with E-state index >= 15 is 0 Å². The van der Waals surface area contributed by atoms with Crippen LogP contribution < -0.4 is 19.5 Å². The van der Waals surface area contributed by atoms with Crippen molar-refractivity contribution >= 4 is 0 Å². The van der Waals surface area contributed by atoms with Crippen molar-refractivity contribution in [1.82, 2.24) is 5.32 Å². The van der Waals surface area contributed by atoms with Crippen LogP contribution in [0.2, 0.25) is 0 Å². The lowest BCUT2D eigenvalue weighted by molar-refractivity contribution is 0.352. The molecule has 0 aromatic heterocycles. The first-order valence-corrected chi connectivity index (χ1v) is 7.80. The standard InChI is InChI=1S/C19H23NO3/c1-12-5-6-14(16(9-12)21-2)19-15-11-18(23-4)17(22-3)10-13(15)7-8-20-19/h5-6,9-11,19-20H,7-8H2,1-4H3. The van der Waals surface area contributed by atoms with Crippen LogP contribution in [0.15, 0.2) is 30.3 Å². The molecule has 1 aliphatic rings. The van der Waals surface area contributed by atoms with E-state index in [2.05, 4.69) is 42.6 Å². The molecule has 0 aliphatic carbocycles. The van der Waals surface area contributed by atoms with Crippen LogP contribution in [0, 0.1) is 6.92 Å². The molecule has 4 nitrogen and oxygen atoms in total. The van der Waals surface area contributed by atoms with Gasteiger partial charge in [0.15, 0.2) is 11.5 Å². The largest absolute Gasteiger partial charge is 0.496 e. The third kappa shape index (κ3) is 2.86. The molecule has 2 aromatic carbocycles. The number of aryl methyl sites for hydroxylation is 1. The van der Waals surface area contributed by atoms with Crippen molar-refractivity contribution in [1.29, 1.82) is 0 Å². The quantitative estimate of drug-likeness (QED) is 0.940. The van der Waals surface area contributed by atoms with Crippen LogP contribution in [0.1, 0.15) is 28.3 Å². The van der Waals surface area contributed by atoms with Gasteiger partial charge >= 0.3 is 0 Å². The van der Waals surface area contributed by atoms with E-state index in [0.717, 1.165) is 35.8 Å². The minimum absolute atomic E-state index is 0.0918. The third-order valence-corrected chi connectivity index (χ3v) is 4.40. The fraction of sp³-hybridized carbons (Fsp3) is 0.368. The first-order chi connectivity index (χ1) is 11.2. The third-order valence-electron chi connectivity index (χ3n) is 4.40. The number of hydrogen-bond acceptors (Lipinski definition) is 4. The van der Waals surface area contributed by atoms with Crippen molar-refractivity contribution in [3.05, 3.63) is 52.6 Å². The summed E-state index contributed by atoms with van der Waals surface area (Å²) in [4.78, 5) is 0. The molecule has 0 saturated carbocycles. The van der Waals surface area contributed by atoms with Crippen molar-refractivity contribution < 1.29 is 14.2 Å². The normalized spacial score (nSPS) is 16.6. The zero-order valence-corrected chi connectivity index (χ0v) is 14.1. The molecule has 0 fully saturated rings. The Morgan fingerprint density at radius 1 is 0.870 bits per heavy atom. The van der Waals surface area contributed by atoms with E-state index in [1.807, 2.05) is 0 Å². The maximum absolute atomic E-state index is 5.60. The summed E-state index contributed by atoms with van der Waals surface area (Å²) in [7, 11) is 5.06. The summed E-state index contributed by atoms with van der Waals surface area (Å²) in [6, 6.07) is 10.6. The zero-order valence-electron chi connectivity index (χ0n) is 14.1. The van der Waals surface area contributed by atoms with Crippen LogP contribution in [0.3, 0.4) is 0 Å². The van der Waals surface area contributed by atoms with E-state index in [-0.39, 0.29) is 6.04 Å². The molecule has 2 aromatic rings. The Hall–Kier alpha value is -2.20. The van der Waals surface area contributed by atoms with Gasteiger partial charge in [-0.15, -0.1) is 0 Å². The smallest absolute Gasteiger partial charge is 0.161 e. The lowest BCUT2D eigenvalue weighted by atomic mass is 9.88. The molecule has 1 unspecified atom stereocenters. The second-order valence-corrected chi connectivity index (χ2v) is 5.79. The number of rotatable bonds is 4. The predicted molar refractivity (Wildman–Crippen MR) is 90.8 cm³/mol. The maximum Gasteiger partial charge on any atom is 0.161 e. The van der Waals surface area contributed by atoms with E-state index in [0.29, 0.717) is 0 Å². The summed E-state index contributed by atoms with van der Waals surface area (Å²) in [6.07, 6.45) is 0.973. The number of hydrogen-bond donors (Lipinski definition) is 1. The lowest BCUT2D eigenvalue weighted by Crippen LogP contribution is -2.31. The van der Waals surface area contributed by atoms with E-state index < -0.39 is 0 Å². The molecule has 4 heteroatoms. The molecular weight excluding hydrogens is 290 g/mol. The van der Waals surface area contributed by atoms with Gasteiger partial charge in [0.25, 0.3) is 0 Å². The highest BCUT2D eigenvalue weighted by Gasteiger charge is 2.26. The zero-order chi connectivity index (χ0) is 16.4. The minimum Gasteiger partial charge on any atom is -0.496 e. The van der Waals surface area contributed by atoms with Crippen molar-refractivity contribution in [3.8, 4) is 17.2 Å².